The van der Waals surface area contributed by atoms with Crippen LogP contribution in [0.15, 0.2) is 36.1 Å². The number of Topliss-reactive ketones (excluding diaryl/α,β-unsaturated/α-hetero) is 1. The molecular formula is C19H22O3. The molecular weight excluding hydrogens is 276 g/mol. The summed E-state index contributed by atoms with van der Waals surface area (Å²) in [6.07, 6.45) is 2.96. The van der Waals surface area contributed by atoms with Gasteiger partial charge in [-0.3, -0.25) is 9.59 Å². The molecule has 0 saturated heterocycles. The molecule has 0 bridgehead atoms. The Hall–Kier alpha value is -1.90. The predicted octanol–water partition coefficient (Wildman–Crippen LogP) is 3.99. The number of hydrogen-bond donors (Lipinski definition) is 0. The molecule has 0 spiro atoms. The molecule has 0 aliphatic heterocycles. The fourth-order valence-electron chi connectivity index (χ4n) is 3.40. The van der Waals surface area contributed by atoms with Crippen LogP contribution in [0.1, 0.15) is 45.6 Å². The van der Waals surface area contributed by atoms with E-state index in [0.29, 0.717) is 5.76 Å². The Morgan fingerprint density at radius 1 is 1.09 bits per heavy atom. The molecule has 0 aromatic heterocycles. The molecule has 3 nitrogen and oxygen atoms in total. The smallest absolute Gasteiger partial charge is 0.316 e. The first-order chi connectivity index (χ1) is 10.4. The lowest BCUT2D eigenvalue weighted by Crippen LogP contribution is -2.25. The number of benzene rings is 1. The summed E-state index contributed by atoms with van der Waals surface area (Å²) in [6, 6.07) is 9.85. The molecule has 116 valence electrons. The Morgan fingerprint density at radius 3 is 2.36 bits per heavy atom. The molecule has 0 radical (unpaired) electrons. The van der Waals surface area contributed by atoms with E-state index in [2.05, 4.69) is 0 Å². The summed E-state index contributed by atoms with van der Waals surface area (Å²) in [6.45, 7) is 5.41. The zero-order chi connectivity index (χ0) is 15.9. The normalized spacial score (nSPS) is 24.6. The first-order valence-corrected chi connectivity index (χ1v) is 7.95. The van der Waals surface area contributed by atoms with Crippen molar-refractivity contribution in [1.82, 2.24) is 0 Å². The standard InChI is InChI=1S/C19H22O3/c1-19(2,3)18(21)22-17-15(12-8-5-4-6-9-12)13-10-7-11-14(13)16(17)20/h4-6,8-9,13-14H,7,10-11H2,1-3H3/t13-,14+/m0/s1. The minimum atomic E-state index is -0.618. The van der Waals surface area contributed by atoms with Gasteiger partial charge < -0.3 is 4.74 Å². The number of carbonyl (C=O) groups is 2. The number of carbonyl (C=O) groups excluding carboxylic acids is 2. The largest absolute Gasteiger partial charge is 0.422 e. The van der Waals surface area contributed by atoms with Crippen molar-refractivity contribution in [2.75, 3.05) is 0 Å². The summed E-state index contributed by atoms with van der Waals surface area (Å²) >= 11 is 0. The number of hydrogen-bond acceptors (Lipinski definition) is 3. The van der Waals surface area contributed by atoms with Crippen molar-refractivity contribution in [2.24, 2.45) is 17.3 Å². The van der Waals surface area contributed by atoms with Crippen molar-refractivity contribution in [3.05, 3.63) is 41.7 Å². The van der Waals surface area contributed by atoms with Gasteiger partial charge in [-0.15, -0.1) is 0 Å². The van der Waals surface area contributed by atoms with Crippen molar-refractivity contribution in [3.63, 3.8) is 0 Å². The van der Waals surface area contributed by atoms with E-state index in [1.165, 1.54) is 0 Å². The Bertz CT molecular complexity index is 634. The molecule has 1 aromatic rings. The van der Waals surface area contributed by atoms with Gasteiger partial charge in [0.15, 0.2) is 5.76 Å². The van der Waals surface area contributed by atoms with Gasteiger partial charge in [0, 0.05) is 11.5 Å². The molecule has 3 rings (SSSR count). The molecule has 2 aliphatic carbocycles. The summed E-state index contributed by atoms with van der Waals surface area (Å²) < 4.78 is 5.58. The van der Waals surface area contributed by atoms with Crippen LogP contribution in [0, 0.1) is 17.3 Å². The van der Waals surface area contributed by atoms with Crippen molar-refractivity contribution < 1.29 is 14.3 Å². The van der Waals surface area contributed by atoms with Crippen molar-refractivity contribution in [1.29, 1.82) is 0 Å². The fourth-order valence-corrected chi connectivity index (χ4v) is 3.40. The van der Waals surface area contributed by atoms with Crippen LogP contribution in [-0.4, -0.2) is 11.8 Å². The maximum atomic E-state index is 12.7. The first-order valence-electron chi connectivity index (χ1n) is 7.95. The number of rotatable bonds is 2. The highest BCUT2D eigenvalue weighted by atomic mass is 16.5. The van der Waals surface area contributed by atoms with Gasteiger partial charge in [0.25, 0.3) is 0 Å². The molecule has 3 heteroatoms. The van der Waals surface area contributed by atoms with Gasteiger partial charge >= 0.3 is 5.97 Å². The molecule has 0 N–H and O–H groups in total. The van der Waals surface area contributed by atoms with Crippen LogP contribution < -0.4 is 0 Å². The van der Waals surface area contributed by atoms with Crippen LogP contribution in [0.5, 0.6) is 0 Å². The van der Waals surface area contributed by atoms with Gasteiger partial charge in [-0.1, -0.05) is 36.8 Å². The molecule has 0 unspecified atom stereocenters. The van der Waals surface area contributed by atoms with Crippen LogP contribution in [-0.2, 0) is 14.3 Å². The highest BCUT2D eigenvalue weighted by Gasteiger charge is 2.47. The highest BCUT2D eigenvalue weighted by Crippen LogP contribution is 2.49. The van der Waals surface area contributed by atoms with E-state index in [4.69, 9.17) is 4.74 Å². The lowest BCUT2D eigenvalue weighted by Gasteiger charge is -2.18. The summed E-state index contributed by atoms with van der Waals surface area (Å²) in [5.41, 5.74) is 1.32. The molecule has 2 atom stereocenters. The topological polar surface area (TPSA) is 43.4 Å². The summed E-state index contributed by atoms with van der Waals surface area (Å²) in [4.78, 5) is 25.0. The van der Waals surface area contributed by atoms with E-state index < -0.39 is 5.41 Å². The second-order valence-corrected chi connectivity index (χ2v) is 7.26. The van der Waals surface area contributed by atoms with Crippen molar-refractivity contribution in [3.8, 4) is 0 Å². The Balaban J connectivity index is 2.04. The van der Waals surface area contributed by atoms with Gasteiger partial charge in [0.2, 0.25) is 5.78 Å². The molecule has 22 heavy (non-hydrogen) atoms. The summed E-state index contributed by atoms with van der Waals surface area (Å²) in [7, 11) is 0. The van der Waals surface area contributed by atoms with Crippen LogP contribution >= 0.6 is 0 Å². The predicted molar refractivity (Wildman–Crippen MR) is 84.7 cm³/mol. The van der Waals surface area contributed by atoms with Gasteiger partial charge in [-0.2, -0.15) is 0 Å². The number of ketones is 1. The van der Waals surface area contributed by atoms with Crippen molar-refractivity contribution in [2.45, 2.75) is 40.0 Å². The quantitative estimate of drug-likeness (QED) is 0.775. The second kappa shape index (κ2) is 5.38. The average Bonchev–Trinajstić information content (AvgIpc) is 3.03. The molecule has 1 aromatic carbocycles. The third-order valence-electron chi connectivity index (χ3n) is 4.58. The van der Waals surface area contributed by atoms with Crippen LogP contribution in [0.3, 0.4) is 0 Å². The fraction of sp³-hybridized carbons (Fsp3) is 0.474. The van der Waals surface area contributed by atoms with E-state index in [0.717, 1.165) is 30.4 Å². The number of ether oxygens (including phenoxy) is 1. The van der Waals surface area contributed by atoms with E-state index in [1.807, 2.05) is 30.3 Å². The molecule has 1 saturated carbocycles. The van der Waals surface area contributed by atoms with E-state index in [1.54, 1.807) is 20.8 Å². The van der Waals surface area contributed by atoms with E-state index in [9.17, 15) is 9.59 Å². The Kier molecular flexibility index (Phi) is 3.67. The lowest BCUT2D eigenvalue weighted by molar-refractivity contribution is -0.150. The highest BCUT2D eigenvalue weighted by molar-refractivity contribution is 6.09. The van der Waals surface area contributed by atoms with Crippen LogP contribution in [0.4, 0.5) is 0 Å². The van der Waals surface area contributed by atoms with E-state index in [-0.39, 0.29) is 23.6 Å². The molecule has 0 amide bonds. The van der Waals surface area contributed by atoms with Crippen molar-refractivity contribution >= 4 is 17.3 Å². The summed E-state index contributed by atoms with van der Waals surface area (Å²) in [5.74, 6) is 0.166. The number of fused-ring (bicyclic) bond motifs is 1. The van der Waals surface area contributed by atoms with Gasteiger partial charge in [0.1, 0.15) is 0 Å². The van der Waals surface area contributed by atoms with Gasteiger partial charge in [0.05, 0.1) is 5.41 Å². The summed E-state index contributed by atoms with van der Waals surface area (Å²) in [5, 5.41) is 0. The Morgan fingerprint density at radius 2 is 1.73 bits per heavy atom. The minimum Gasteiger partial charge on any atom is -0.422 e. The zero-order valence-electron chi connectivity index (χ0n) is 13.4. The monoisotopic (exact) mass is 298 g/mol. The second-order valence-electron chi connectivity index (χ2n) is 7.26. The van der Waals surface area contributed by atoms with Crippen LogP contribution in [0.25, 0.3) is 5.57 Å². The van der Waals surface area contributed by atoms with Gasteiger partial charge in [-0.25, -0.2) is 0 Å². The third kappa shape index (κ3) is 2.49. The zero-order valence-corrected chi connectivity index (χ0v) is 13.4. The lowest BCUT2D eigenvalue weighted by atomic mass is 9.90. The molecule has 2 aliphatic rings. The number of allylic oxidation sites excluding steroid dienone is 2. The van der Waals surface area contributed by atoms with Crippen LogP contribution in [0.2, 0.25) is 0 Å². The molecule has 1 fully saturated rings. The maximum absolute atomic E-state index is 12.7. The molecule has 0 heterocycles. The number of esters is 1. The average molecular weight is 298 g/mol. The Labute approximate surface area is 131 Å². The van der Waals surface area contributed by atoms with E-state index >= 15 is 0 Å². The maximum Gasteiger partial charge on any atom is 0.316 e. The SMILES string of the molecule is CC(C)(C)C(=O)OC1=C(c2ccccc2)[C@H]2CCC[C@H]2C1=O. The van der Waals surface area contributed by atoms with Gasteiger partial charge in [-0.05, 0) is 45.1 Å². The third-order valence-corrected chi connectivity index (χ3v) is 4.58. The minimum absolute atomic E-state index is 0.00188. The first kappa shape index (κ1) is 15.0.